The van der Waals surface area contributed by atoms with Crippen LogP contribution in [0.3, 0.4) is 0 Å². The van der Waals surface area contributed by atoms with E-state index in [2.05, 4.69) is 14.9 Å². The van der Waals surface area contributed by atoms with Crippen LogP contribution < -0.4 is 4.72 Å². The Morgan fingerprint density at radius 2 is 1.62 bits per heavy atom. The molecule has 0 atom stereocenters. The van der Waals surface area contributed by atoms with Crippen molar-refractivity contribution in [2.75, 3.05) is 0 Å². The molecule has 4 aliphatic rings. The number of hydrogen-bond donors (Lipinski definition) is 2. The highest BCUT2D eigenvalue weighted by Crippen LogP contribution is 2.53. The zero-order chi connectivity index (χ0) is 14.8. The van der Waals surface area contributed by atoms with Crippen molar-refractivity contribution < 1.29 is 8.42 Å². The summed E-state index contributed by atoms with van der Waals surface area (Å²) in [5, 5.41) is 6.80. The van der Waals surface area contributed by atoms with Crippen LogP contribution in [0.25, 0.3) is 0 Å². The van der Waals surface area contributed by atoms with E-state index in [9.17, 15) is 8.42 Å². The fraction of sp³-hybridized carbons (Fsp3) is 0.800. The summed E-state index contributed by atoms with van der Waals surface area (Å²) in [5.41, 5.74) is 1.19. The molecular weight excluding hydrogens is 286 g/mol. The van der Waals surface area contributed by atoms with Gasteiger partial charge in [0.15, 0.2) is 0 Å². The normalized spacial score (nSPS) is 38.1. The summed E-state index contributed by atoms with van der Waals surface area (Å²) in [6.07, 6.45) is 6.23. The minimum atomic E-state index is -3.47. The summed E-state index contributed by atoms with van der Waals surface area (Å²) < 4.78 is 28.5. The molecule has 116 valence electrons. The van der Waals surface area contributed by atoms with Gasteiger partial charge in [-0.05, 0) is 69.6 Å². The molecule has 0 spiro atoms. The van der Waals surface area contributed by atoms with Gasteiger partial charge in [-0.3, -0.25) is 5.10 Å². The topological polar surface area (TPSA) is 74.8 Å². The van der Waals surface area contributed by atoms with Crippen molar-refractivity contribution in [1.82, 2.24) is 14.9 Å². The van der Waals surface area contributed by atoms with Crippen LogP contribution in [0.15, 0.2) is 4.90 Å². The maximum absolute atomic E-state index is 12.8. The lowest BCUT2D eigenvalue weighted by Crippen LogP contribution is -2.55. The molecule has 0 saturated heterocycles. The Hall–Kier alpha value is -0.880. The van der Waals surface area contributed by atoms with E-state index in [-0.39, 0.29) is 6.04 Å². The summed E-state index contributed by atoms with van der Waals surface area (Å²) in [7, 11) is -3.47. The van der Waals surface area contributed by atoms with Crippen LogP contribution in [0, 0.1) is 37.5 Å². The minimum Gasteiger partial charge on any atom is -0.281 e. The average Bonchev–Trinajstić information content (AvgIpc) is 2.73. The molecule has 4 aliphatic carbocycles. The standard InChI is InChI=1S/C15H23N3O2S/c1-8-15(9(2)17-16-8)21(19,20)18-14-12-4-10-3-11(6-12)7-13(14)5-10/h10-14,18H,3-7H2,1-2H3,(H,16,17). The van der Waals surface area contributed by atoms with E-state index >= 15 is 0 Å². The van der Waals surface area contributed by atoms with E-state index in [0.717, 1.165) is 11.8 Å². The third-order valence-corrected chi connectivity index (χ3v) is 7.57. The summed E-state index contributed by atoms with van der Waals surface area (Å²) in [4.78, 5) is 0.344. The van der Waals surface area contributed by atoms with Crippen molar-refractivity contribution in [3.8, 4) is 0 Å². The molecule has 1 aromatic rings. The first-order chi connectivity index (χ1) is 9.94. The van der Waals surface area contributed by atoms with Crippen LogP contribution >= 0.6 is 0 Å². The molecular formula is C15H23N3O2S. The van der Waals surface area contributed by atoms with Crippen molar-refractivity contribution in [1.29, 1.82) is 0 Å². The molecule has 2 N–H and O–H groups in total. The third-order valence-electron chi connectivity index (χ3n) is 5.85. The van der Waals surface area contributed by atoms with Gasteiger partial charge in [0.25, 0.3) is 0 Å². The van der Waals surface area contributed by atoms with E-state index < -0.39 is 10.0 Å². The number of aromatic nitrogens is 2. The molecule has 0 aromatic carbocycles. The highest BCUT2D eigenvalue weighted by molar-refractivity contribution is 7.89. The monoisotopic (exact) mass is 309 g/mol. The van der Waals surface area contributed by atoms with Crippen molar-refractivity contribution in [2.45, 2.75) is 56.9 Å². The van der Waals surface area contributed by atoms with Gasteiger partial charge in [0, 0.05) is 6.04 Å². The van der Waals surface area contributed by atoms with Gasteiger partial charge in [-0.2, -0.15) is 5.10 Å². The number of nitrogens with one attached hydrogen (secondary N) is 2. The molecule has 4 bridgehead atoms. The van der Waals surface area contributed by atoms with Crippen LogP contribution in [-0.4, -0.2) is 24.7 Å². The molecule has 6 heteroatoms. The second-order valence-corrected chi connectivity index (χ2v) is 8.99. The first kappa shape index (κ1) is 13.8. The molecule has 0 radical (unpaired) electrons. The van der Waals surface area contributed by atoms with Crippen molar-refractivity contribution in [2.24, 2.45) is 23.7 Å². The number of hydrogen-bond acceptors (Lipinski definition) is 3. The van der Waals surface area contributed by atoms with Gasteiger partial charge in [0.1, 0.15) is 4.90 Å². The Kier molecular flexibility index (Phi) is 2.99. The summed E-state index contributed by atoms with van der Waals surface area (Å²) in [6.45, 7) is 3.51. The van der Waals surface area contributed by atoms with E-state index in [4.69, 9.17) is 0 Å². The first-order valence-electron chi connectivity index (χ1n) is 7.98. The molecule has 21 heavy (non-hydrogen) atoms. The molecule has 1 heterocycles. The van der Waals surface area contributed by atoms with Crippen LogP contribution in [0.4, 0.5) is 0 Å². The first-order valence-corrected chi connectivity index (χ1v) is 9.46. The fourth-order valence-corrected chi connectivity index (χ4v) is 7.04. The lowest BCUT2D eigenvalue weighted by Gasteiger charge is -2.54. The predicted molar refractivity (Wildman–Crippen MR) is 79.2 cm³/mol. The second kappa shape index (κ2) is 4.56. The zero-order valence-corrected chi connectivity index (χ0v) is 13.4. The molecule has 0 unspecified atom stereocenters. The number of nitrogens with zero attached hydrogens (tertiary/aromatic N) is 1. The molecule has 0 amide bonds. The van der Waals surface area contributed by atoms with Crippen molar-refractivity contribution in [3.05, 3.63) is 11.4 Å². The van der Waals surface area contributed by atoms with Gasteiger partial charge >= 0.3 is 0 Å². The fourth-order valence-electron chi connectivity index (χ4n) is 5.29. The summed E-state index contributed by atoms with van der Waals surface area (Å²) in [6, 6.07) is 0.136. The minimum absolute atomic E-state index is 0.136. The highest BCUT2D eigenvalue weighted by atomic mass is 32.2. The Morgan fingerprint density at radius 1 is 1.05 bits per heavy atom. The molecule has 0 aliphatic heterocycles. The summed E-state index contributed by atoms with van der Waals surface area (Å²) >= 11 is 0. The van der Waals surface area contributed by atoms with Crippen LogP contribution in [0.1, 0.15) is 43.5 Å². The van der Waals surface area contributed by atoms with Gasteiger partial charge in [-0.15, -0.1) is 0 Å². The number of sulfonamides is 1. The van der Waals surface area contributed by atoms with Crippen LogP contribution in [0.5, 0.6) is 0 Å². The summed E-state index contributed by atoms with van der Waals surface area (Å²) in [5.74, 6) is 2.79. The van der Waals surface area contributed by atoms with E-state index in [1.165, 1.54) is 32.1 Å². The van der Waals surface area contributed by atoms with Gasteiger partial charge in [-0.25, -0.2) is 13.1 Å². The maximum atomic E-state index is 12.8. The molecule has 5 nitrogen and oxygen atoms in total. The lowest BCUT2D eigenvalue weighted by molar-refractivity contribution is -0.00558. The molecule has 1 aromatic heterocycles. The van der Waals surface area contributed by atoms with E-state index in [1.54, 1.807) is 13.8 Å². The Labute approximate surface area is 126 Å². The van der Waals surface area contributed by atoms with Crippen molar-refractivity contribution in [3.63, 3.8) is 0 Å². The average molecular weight is 309 g/mol. The van der Waals surface area contributed by atoms with Gasteiger partial charge in [-0.1, -0.05) is 0 Å². The molecule has 4 fully saturated rings. The van der Waals surface area contributed by atoms with Gasteiger partial charge in [0.2, 0.25) is 10.0 Å². The second-order valence-electron chi connectivity index (χ2n) is 7.34. The largest absolute Gasteiger partial charge is 0.281 e. The number of aromatic amines is 1. The SMILES string of the molecule is Cc1n[nH]c(C)c1S(=O)(=O)NC1C2CC3CC(C2)CC1C3. The van der Waals surface area contributed by atoms with E-state index in [0.29, 0.717) is 28.1 Å². The third kappa shape index (κ3) is 2.14. The van der Waals surface area contributed by atoms with Crippen LogP contribution in [-0.2, 0) is 10.0 Å². The number of H-pyrrole nitrogens is 1. The quantitative estimate of drug-likeness (QED) is 0.898. The molecule has 5 rings (SSSR count). The molecule has 4 saturated carbocycles. The van der Waals surface area contributed by atoms with Crippen LogP contribution in [0.2, 0.25) is 0 Å². The van der Waals surface area contributed by atoms with E-state index in [1.807, 2.05) is 0 Å². The predicted octanol–water partition coefficient (Wildman–Crippen LogP) is 2.13. The Bertz CT molecular complexity index is 617. The number of aryl methyl sites for hydroxylation is 2. The zero-order valence-electron chi connectivity index (χ0n) is 12.6. The Balaban J connectivity index is 1.61. The highest BCUT2D eigenvalue weighted by Gasteiger charge is 2.49. The smallest absolute Gasteiger partial charge is 0.244 e. The van der Waals surface area contributed by atoms with Gasteiger partial charge in [0.05, 0.1) is 11.4 Å². The van der Waals surface area contributed by atoms with Gasteiger partial charge < -0.3 is 0 Å². The Morgan fingerprint density at radius 3 is 2.10 bits per heavy atom. The van der Waals surface area contributed by atoms with Crippen molar-refractivity contribution >= 4 is 10.0 Å². The maximum Gasteiger partial charge on any atom is 0.244 e. The number of rotatable bonds is 3. The lowest BCUT2D eigenvalue weighted by atomic mass is 9.54.